The van der Waals surface area contributed by atoms with E-state index in [1.54, 1.807) is 0 Å². The van der Waals surface area contributed by atoms with E-state index in [-0.39, 0.29) is 35.8 Å². The topological polar surface area (TPSA) is 80.3 Å². The first-order valence-corrected chi connectivity index (χ1v) is 11.6. The molecule has 0 radical (unpaired) electrons. The van der Waals surface area contributed by atoms with Crippen LogP contribution >= 0.6 is 0 Å². The summed E-state index contributed by atoms with van der Waals surface area (Å²) in [6, 6.07) is 7.01. The summed E-state index contributed by atoms with van der Waals surface area (Å²) in [5.41, 5.74) is 2.56. The standard InChI is InChI=1S/C23H24F3NO4S/c1-13-10-14(2)20(15(3)11-13)21-19(28)12-16(22(21)29)8-9-27-32(30,31)18-6-4-17(5-7-18)23(24,25)26/h4-7,10-11,16,21,27H,8-9,12H2,1-3H3. The summed E-state index contributed by atoms with van der Waals surface area (Å²) in [4.78, 5) is 25.3. The number of carbonyl (C=O) groups is 2. The Morgan fingerprint density at radius 3 is 2.09 bits per heavy atom. The maximum Gasteiger partial charge on any atom is 0.416 e. The average molecular weight is 468 g/mol. The smallest absolute Gasteiger partial charge is 0.298 e. The van der Waals surface area contributed by atoms with E-state index in [4.69, 9.17) is 0 Å². The molecule has 1 N–H and O–H groups in total. The SMILES string of the molecule is Cc1cc(C)c(C2C(=O)CC(CCNS(=O)(=O)c3ccc(C(F)(F)F)cc3)C2=O)c(C)c1. The minimum atomic E-state index is -4.56. The number of halogens is 3. The van der Waals surface area contributed by atoms with E-state index in [9.17, 15) is 31.2 Å². The molecule has 1 aliphatic carbocycles. The summed E-state index contributed by atoms with van der Waals surface area (Å²) < 4.78 is 65.0. The Morgan fingerprint density at radius 2 is 1.56 bits per heavy atom. The lowest BCUT2D eigenvalue weighted by Gasteiger charge is -2.16. The van der Waals surface area contributed by atoms with Crippen LogP contribution in [0.3, 0.4) is 0 Å². The Hall–Kier alpha value is -2.52. The number of benzene rings is 2. The fraction of sp³-hybridized carbons (Fsp3) is 0.391. The zero-order valence-electron chi connectivity index (χ0n) is 17.9. The van der Waals surface area contributed by atoms with Crippen LogP contribution in [-0.4, -0.2) is 26.5 Å². The minimum Gasteiger partial charge on any atom is -0.298 e. The molecule has 5 nitrogen and oxygen atoms in total. The molecule has 172 valence electrons. The van der Waals surface area contributed by atoms with Crippen LogP contribution in [0.25, 0.3) is 0 Å². The van der Waals surface area contributed by atoms with Crippen molar-refractivity contribution in [3.63, 3.8) is 0 Å². The monoisotopic (exact) mass is 467 g/mol. The van der Waals surface area contributed by atoms with Crippen molar-refractivity contribution in [3.05, 3.63) is 64.2 Å². The Bertz CT molecular complexity index is 1130. The van der Waals surface area contributed by atoms with Gasteiger partial charge in [0.1, 0.15) is 11.7 Å². The molecule has 0 heterocycles. The van der Waals surface area contributed by atoms with Crippen LogP contribution in [0, 0.1) is 26.7 Å². The molecule has 0 aliphatic heterocycles. The normalized spacial score (nSPS) is 19.6. The number of rotatable bonds is 6. The van der Waals surface area contributed by atoms with Gasteiger partial charge in [0.25, 0.3) is 0 Å². The van der Waals surface area contributed by atoms with Crippen LogP contribution in [0.2, 0.25) is 0 Å². The second-order valence-electron chi connectivity index (χ2n) is 8.22. The van der Waals surface area contributed by atoms with E-state index in [0.29, 0.717) is 12.1 Å². The van der Waals surface area contributed by atoms with Gasteiger partial charge in [-0.15, -0.1) is 0 Å². The fourth-order valence-electron chi connectivity index (χ4n) is 4.32. The fourth-order valence-corrected chi connectivity index (χ4v) is 5.37. The van der Waals surface area contributed by atoms with Gasteiger partial charge in [0.15, 0.2) is 5.78 Å². The molecule has 9 heteroatoms. The number of sulfonamides is 1. The largest absolute Gasteiger partial charge is 0.416 e. The molecule has 0 aromatic heterocycles. The number of nitrogens with one attached hydrogen (secondary N) is 1. The first-order chi connectivity index (χ1) is 14.8. The Balaban J connectivity index is 1.67. The van der Waals surface area contributed by atoms with E-state index < -0.39 is 33.6 Å². The zero-order valence-corrected chi connectivity index (χ0v) is 18.7. The second kappa shape index (κ2) is 8.78. The molecule has 3 rings (SSSR count). The molecule has 0 amide bonds. The van der Waals surface area contributed by atoms with Crippen LogP contribution in [0.4, 0.5) is 13.2 Å². The van der Waals surface area contributed by atoms with E-state index in [1.807, 2.05) is 32.9 Å². The van der Waals surface area contributed by atoms with Crippen LogP contribution in [0.5, 0.6) is 0 Å². The van der Waals surface area contributed by atoms with Gasteiger partial charge < -0.3 is 0 Å². The number of aryl methyl sites for hydroxylation is 3. The maximum absolute atomic E-state index is 13.0. The summed E-state index contributed by atoms with van der Waals surface area (Å²) in [7, 11) is -4.04. The highest BCUT2D eigenvalue weighted by Gasteiger charge is 2.42. The lowest BCUT2D eigenvalue weighted by molar-refractivity contribution is -0.137. The van der Waals surface area contributed by atoms with E-state index in [2.05, 4.69) is 4.72 Å². The number of ketones is 2. The highest BCUT2D eigenvalue weighted by atomic mass is 32.2. The number of alkyl halides is 3. The quantitative estimate of drug-likeness (QED) is 0.645. The molecular weight excluding hydrogens is 443 g/mol. The Labute approximate surface area is 185 Å². The zero-order chi connectivity index (χ0) is 23.8. The van der Waals surface area contributed by atoms with Crippen molar-refractivity contribution in [2.75, 3.05) is 6.54 Å². The van der Waals surface area contributed by atoms with E-state index in [1.165, 1.54) is 0 Å². The minimum absolute atomic E-state index is 0.0399. The maximum atomic E-state index is 13.0. The van der Waals surface area contributed by atoms with Gasteiger partial charge in [-0.2, -0.15) is 13.2 Å². The molecule has 0 bridgehead atoms. The van der Waals surface area contributed by atoms with Gasteiger partial charge >= 0.3 is 6.18 Å². The lowest BCUT2D eigenvalue weighted by atomic mass is 9.86. The molecule has 2 unspecified atom stereocenters. The molecule has 1 aliphatic rings. The molecule has 2 atom stereocenters. The Kier molecular flexibility index (Phi) is 6.62. The number of Topliss-reactive ketones (excluding diaryl/α,β-unsaturated/α-hetero) is 2. The summed E-state index contributed by atoms with van der Waals surface area (Å²) in [6.45, 7) is 5.56. The van der Waals surface area contributed by atoms with Gasteiger partial charge in [-0.25, -0.2) is 13.1 Å². The summed E-state index contributed by atoms with van der Waals surface area (Å²) in [5.74, 6) is -1.85. The van der Waals surface area contributed by atoms with Crippen molar-refractivity contribution in [1.82, 2.24) is 4.72 Å². The van der Waals surface area contributed by atoms with Crippen LogP contribution < -0.4 is 4.72 Å². The molecule has 1 saturated carbocycles. The third kappa shape index (κ3) is 4.94. The van der Waals surface area contributed by atoms with Gasteiger partial charge in [-0.3, -0.25) is 9.59 Å². The third-order valence-corrected chi connectivity index (χ3v) is 7.24. The molecule has 2 aromatic rings. The van der Waals surface area contributed by atoms with Crippen molar-refractivity contribution in [3.8, 4) is 0 Å². The summed E-state index contributed by atoms with van der Waals surface area (Å²) >= 11 is 0. The Morgan fingerprint density at radius 1 is 1.00 bits per heavy atom. The predicted molar refractivity (Wildman–Crippen MR) is 113 cm³/mol. The molecule has 1 fully saturated rings. The summed E-state index contributed by atoms with van der Waals surface area (Å²) in [6.07, 6.45) is -4.39. The second-order valence-corrected chi connectivity index (χ2v) is 9.99. The lowest BCUT2D eigenvalue weighted by Crippen LogP contribution is -2.27. The van der Waals surface area contributed by atoms with Crippen molar-refractivity contribution in [2.24, 2.45) is 5.92 Å². The van der Waals surface area contributed by atoms with E-state index in [0.717, 1.165) is 34.4 Å². The van der Waals surface area contributed by atoms with Crippen LogP contribution in [-0.2, 0) is 25.8 Å². The van der Waals surface area contributed by atoms with Crippen molar-refractivity contribution < 1.29 is 31.2 Å². The van der Waals surface area contributed by atoms with Crippen molar-refractivity contribution in [2.45, 2.75) is 50.6 Å². The summed E-state index contributed by atoms with van der Waals surface area (Å²) in [5, 5.41) is 0. The highest BCUT2D eigenvalue weighted by molar-refractivity contribution is 7.89. The van der Waals surface area contributed by atoms with Crippen molar-refractivity contribution in [1.29, 1.82) is 0 Å². The molecule has 0 spiro atoms. The third-order valence-electron chi connectivity index (χ3n) is 5.76. The number of hydrogen-bond donors (Lipinski definition) is 1. The predicted octanol–water partition coefficient (Wildman–Crippen LogP) is 4.24. The van der Waals surface area contributed by atoms with Crippen LogP contribution in [0.1, 0.15) is 46.6 Å². The first kappa shape index (κ1) is 24.1. The molecule has 2 aromatic carbocycles. The number of hydrogen-bond acceptors (Lipinski definition) is 4. The molecule has 0 saturated heterocycles. The van der Waals surface area contributed by atoms with Gasteiger partial charge in [0, 0.05) is 18.9 Å². The van der Waals surface area contributed by atoms with Gasteiger partial charge in [0.05, 0.1) is 10.5 Å². The van der Waals surface area contributed by atoms with Crippen LogP contribution in [0.15, 0.2) is 41.3 Å². The average Bonchev–Trinajstić information content (AvgIpc) is 2.94. The molecule has 32 heavy (non-hydrogen) atoms. The van der Waals surface area contributed by atoms with E-state index >= 15 is 0 Å². The van der Waals surface area contributed by atoms with Gasteiger partial charge in [0.2, 0.25) is 10.0 Å². The highest BCUT2D eigenvalue weighted by Crippen LogP contribution is 2.37. The number of carbonyl (C=O) groups excluding carboxylic acids is 2. The van der Waals surface area contributed by atoms with Gasteiger partial charge in [-0.1, -0.05) is 17.7 Å². The first-order valence-electron chi connectivity index (χ1n) is 10.1. The molecular formula is C23H24F3NO4S. The van der Waals surface area contributed by atoms with Gasteiger partial charge in [-0.05, 0) is 68.1 Å². The van der Waals surface area contributed by atoms with Crippen molar-refractivity contribution >= 4 is 21.6 Å².